The highest BCUT2D eigenvalue weighted by Crippen LogP contribution is 2.27. The molecule has 1 aliphatic heterocycles. The molecule has 126 valence electrons. The summed E-state index contributed by atoms with van der Waals surface area (Å²) in [4.78, 5) is 6.60. The average Bonchev–Trinajstić information content (AvgIpc) is 3.17. The molecule has 1 fully saturated rings. The number of methoxy groups -OCH3 is 1. The third-order valence-corrected chi connectivity index (χ3v) is 4.69. The molecule has 2 heterocycles. The van der Waals surface area contributed by atoms with Crippen LogP contribution in [0.5, 0.6) is 5.75 Å². The lowest BCUT2D eigenvalue weighted by Gasteiger charge is -2.20. The van der Waals surface area contributed by atoms with Crippen LogP contribution in [0.4, 0.5) is 0 Å². The summed E-state index contributed by atoms with van der Waals surface area (Å²) in [5.41, 5.74) is 2.94. The molecule has 0 radical (unpaired) electrons. The van der Waals surface area contributed by atoms with Crippen molar-refractivity contribution in [3.05, 3.63) is 47.5 Å². The van der Waals surface area contributed by atoms with E-state index in [9.17, 15) is 0 Å². The van der Waals surface area contributed by atoms with Crippen molar-refractivity contribution in [1.29, 1.82) is 5.26 Å². The second kappa shape index (κ2) is 7.04. The molecule has 1 aromatic carbocycles. The third kappa shape index (κ3) is 3.28. The van der Waals surface area contributed by atoms with E-state index in [1.807, 2.05) is 37.8 Å². The molecule has 0 amide bonds. The van der Waals surface area contributed by atoms with Gasteiger partial charge in [-0.2, -0.15) is 5.26 Å². The lowest BCUT2D eigenvalue weighted by atomic mass is 9.99. The molecule has 1 N–H and O–H groups in total. The van der Waals surface area contributed by atoms with Crippen molar-refractivity contribution in [3.63, 3.8) is 0 Å². The highest BCUT2D eigenvalue weighted by atomic mass is 16.5. The summed E-state index contributed by atoms with van der Waals surface area (Å²) in [6.45, 7) is 2.77. The second-order valence-electron chi connectivity index (χ2n) is 6.39. The minimum atomic E-state index is 0.368. The Hall–Kier alpha value is -2.36. The Bertz CT molecular complexity index is 748. The molecule has 0 spiro atoms. The van der Waals surface area contributed by atoms with Crippen molar-refractivity contribution in [3.8, 4) is 11.8 Å². The molecule has 2 aromatic rings. The van der Waals surface area contributed by atoms with Gasteiger partial charge in [0.2, 0.25) is 0 Å². The van der Waals surface area contributed by atoms with E-state index in [2.05, 4.69) is 32.9 Å². The van der Waals surface area contributed by atoms with Crippen molar-refractivity contribution in [2.45, 2.75) is 18.5 Å². The Morgan fingerprint density at radius 3 is 2.88 bits per heavy atom. The predicted octanol–water partition coefficient (Wildman–Crippen LogP) is 1.49. The monoisotopic (exact) mass is 325 g/mol. The summed E-state index contributed by atoms with van der Waals surface area (Å²) < 4.78 is 7.39. The zero-order valence-electron chi connectivity index (χ0n) is 14.4. The van der Waals surface area contributed by atoms with Crippen LogP contribution in [-0.4, -0.2) is 47.7 Å². The molecule has 1 saturated heterocycles. The molecule has 1 aliphatic rings. The van der Waals surface area contributed by atoms with Gasteiger partial charge in [0.15, 0.2) is 0 Å². The molecule has 1 aromatic heterocycles. The maximum absolute atomic E-state index is 9.08. The molecule has 3 rings (SSSR count). The first-order chi connectivity index (χ1) is 11.6. The van der Waals surface area contributed by atoms with Gasteiger partial charge in [-0.1, -0.05) is 6.07 Å². The van der Waals surface area contributed by atoms with Crippen LogP contribution >= 0.6 is 0 Å². The zero-order valence-corrected chi connectivity index (χ0v) is 14.4. The number of nitriles is 1. The Kier molecular flexibility index (Phi) is 4.84. The van der Waals surface area contributed by atoms with Crippen molar-refractivity contribution in [2.75, 3.05) is 27.2 Å². The number of ether oxygens (including phenoxy) is 1. The third-order valence-electron chi connectivity index (χ3n) is 4.69. The van der Waals surface area contributed by atoms with Gasteiger partial charge >= 0.3 is 0 Å². The van der Waals surface area contributed by atoms with Gasteiger partial charge in [-0.3, -0.25) is 0 Å². The van der Waals surface area contributed by atoms with Crippen LogP contribution < -0.4 is 10.1 Å². The number of rotatable bonds is 5. The number of nitrogens with one attached hydrogen (secondary N) is 1. The smallest absolute Gasteiger partial charge is 0.136 e. The number of benzene rings is 1. The largest absolute Gasteiger partial charge is 0.495 e. The van der Waals surface area contributed by atoms with E-state index in [-0.39, 0.29) is 0 Å². The van der Waals surface area contributed by atoms with Crippen LogP contribution in [0.1, 0.15) is 22.7 Å². The minimum Gasteiger partial charge on any atom is -0.495 e. The number of imidazole rings is 1. The lowest BCUT2D eigenvalue weighted by molar-refractivity contribution is 0.396. The minimum absolute atomic E-state index is 0.368. The van der Waals surface area contributed by atoms with Gasteiger partial charge < -0.3 is 19.5 Å². The van der Waals surface area contributed by atoms with Gasteiger partial charge in [-0.15, -0.1) is 0 Å². The maximum atomic E-state index is 9.08. The number of nitrogens with zero attached hydrogens (tertiary/aromatic N) is 4. The Morgan fingerprint density at radius 2 is 2.21 bits per heavy atom. The van der Waals surface area contributed by atoms with E-state index < -0.39 is 0 Å². The number of aromatic nitrogens is 2. The van der Waals surface area contributed by atoms with Gasteiger partial charge in [-0.05, 0) is 24.7 Å². The van der Waals surface area contributed by atoms with Gasteiger partial charge in [0.25, 0.3) is 0 Å². The molecular weight excluding hydrogens is 302 g/mol. The fourth-order valence-electron chi connectivity index (χ4n) is 3.42. The van der Waals surface area contributed by atoms with Gasteiger partial charge in [0.05, 0.1) is 19.0 Å². The van der Waals surface area contributed by atoms with Crippen LogP contribution in [0, 0.1) is 11.3 Å². The highest BCUT2D eigenvalue weighted by Gasteiger charge is 2.33. The van der Waals surface area contributed by atoms with Crippen molar-refractivity contribution in [1.82, 2.24) is 19.8 Å². The van der Waals surface area contributed by atoms with Crippen LogP contribution in [-0.2, 0) is 13.6 Å². The van der Waals surface area contributed by atoms with Crippen molar-refractivity contribution >= 4 is 0 Å². The number of hydrogen-bond donors (Lipinski definition) is 1. The van der Waals surface area contributed by atoms with E-state index in [1.165, 1.54) is 5.69 Å². The van der Waals surface area contributed by atoms with Crippen molar-refractivity contribution in [2.24, 2.45) is 7.05 Å². The first-order valence-corrected chi connectivity index (χ1v) is 8.07. The molecule has 6 nitrogen and oxygen atoms in total. The topological polar surface area (TPSA) is 66.1 Å². The van der Waals surface area contributed by atoms with Gasteiger partial charge in [-0.25, -0.2) is 4.98 Å². The molecule has 0 bridgehead atoms. The number of aryl methyl sites for hydroxylation is 1. The van der Waals surface area contributed by atoms with E-state index in [0.717, 1.165) is 25.2 Å². The summed E-state index contributed by atoms with van der Waals surface area (Å²) in [6.07, 6.45) is 3.82. The Balaban J connectivity index is 1.71. The highest BCUT2D eigenvalue weighted by molar-refractivity contribution is 5.45. The lowest BCUT2D eigenvalue weighted by Crippen LogP contribution is -2.35. The molecular formula is C18H23N5O. The van der Waals surface area contributed by atoms with Crippen LogP contribution in [0.25, 0.3) is 0 Å². The summed E-state index contributed by atoms with van der Waals surface area (Å²) >= 11 is 0. The first-order valence-electron chi connectivity index (χ1n) is 8.07. The molecule has 0 aliphatic carbocycles. The molecule has 0 saturated carbocycles. The number of hydrogen-bond acceptors (Lipinski definition) is 5. The quantitative estimate of drug-likeness (QED) is 0.902. The first kappa shape index (κ1) is 16.5. The molecule has 2 atom stereocenters. The zero-order chi connectivity index (χ0) is 17.1. The summed E-state index contributed by atoms with van der Waals surface area (Å²) in [6, 6.07) is 8.24. The summed E-state index contributed by atoms with van der Waals surface area (Å²) in [5.74, 6) is 1.05. The summed E-state index contributed by atoms with van der Waals surface area (Å²) in [5, 5.41) is 12.7. The number of likely N-dealkylation sites (N-methyl/N-ethyl adjacent to an activating group) is 1. The van der Waals surface area contributed by atoms with E-state index >= 15 is 0 Å². The van der Waals surface area contributed by atoms with Gasteiger partial charge in [0.1, 0.15) is 11.8 Å². The molecule has 24 heavy (non-hydrogen) atoms. The molecule has 6 heteroatoms. The fraction of sp³-hybridized carbons (Fsp3) is 0.444. The van der Waals surface area contributed by atoms with E-state index in [0.29, 0.717) is 23.3 Å². The molecule has 0 unspecified atom stereocenters. The van der Waals surface area contributed by atoms with Crippen LogP contribution in [0.15, 0.2) is 30.7 Å². The number of likely N-dealkylation sites (tertiary alicyclic amines) is 1. The van der Waals surface area contributed by atoms with Crippen LogP contribution in [0.2, 0.25) is 0 Å². The second-order valence-corrected chi connectivity index (χ2v) is 6.39. The Labute approximate surface area is 142 Å². The van der Waals surface area contributed by atoms with E-state index in [1.54, 1.807) is 7.11 Å². The summed E-state index contributed by atoms with van der Waals surface area (Å²) in [7, 11) is 5.79. The standard InChI is InChI=1S/C18H23N5O/c1-22-10-15(17-9-20-12-23(17)2)16(11-22)21-8-13-4-5-14(7-19)18(6-13)24-3/h4-6,9,12,15-16,21H,8,10-11H2,1-3H3/t15-,16-/m1/s1. The fourth-order valence-corrected chi connectivity index (χ4v) is 3.42. The van der Waals surface area contributed by atoms with Crippen molar-refractivity contribution < 1.29 is 4.74 Å². The SMILES string of the molecule is COc1cc(CN[C@@H]2CN(C)C[C@H]2c2cncn2C)ccc1C#N. The van der Waals surface area contributed by atoms with Gasteiger partial charge in [0, 0.05) is 50.5 Å². The maximum Gasteiger partial charge on any atom is 0.136 e. The predicted molar refractivity (Wildman–Crippen MR) is 91.8 cm³/mol. The Morgan fingerprint density at radius 1 is 1.38 bits per heavy atom. The average molecular weight is 325 g/mol. The normalized spacial score (nSPS) is 20.9. The van der Waals surface area contributed by atoms with Crippen LogP contribution in [0.3, 0.4) is 0 Å². The van der Waals surface area contributed by atoms with E-state index in [4.69, 9.17) is 10.00 Å².